The molecule has 0 atom stereocenters. The molecule has 0 radical (unpaired) electrons. The Morgan fingerprint density at radius 1 is 1.29 bits per heavy atom. The summed E-state index contributed by atoms with van der Waals surface area (Å²) in [7, 11) is 0. The minimum absolute atomic E-state index is 0.0233. The van der Waals surface area contributed by atoms with Crippen molar-refractivity contribution in [1.29, 1.82) is 0 Å². The second-order valence-electron chi connectivity index (χ2n) is 4.34. The summed E-state index contributed by atoms with van der Waals surface area (Å²) in [5.41, 5.74) is 1.01. The van der Waals surface area contributed by atoms with E-state index in [1.165, 1.54) is 11.3 Å². The number of amides is 1. The van der Waals surface area contributed by atoms with Crippen molar-refractivity contribution < 1.29 is 14.6 Å². The summed E-state index contributed by atoms with van der Waals surface area (Å²) in [6.07, 6.45) is 2.32. The zero-order chi connectivity index (χ0) is 14.9. The largest absolute Gasteiger partial charge is 0.394 e. The molecule has 0 unspecified atom stereocenters. The van der Waals surface area contributed by atoms with Gasteiger partial charge in [0, 0.05) is 18.7 Å². The fourth-order valence-corrected chi connectivity index (χ4v) is 2.56. The molecule has 0 bridgehead atoms. The molecule has 0 fully saturated rings. The molecule has 0 saturated heterocycles. The van der Waals surface area contributed by atoms with E-state index in [1.54, 1.807) is 6.20 Å². The predicted molar refractivity (Wildman–Crippen MR) is 82.4 cm³/mol. The van der Waals surface area contributed by atoms with Crippen LogP contribution in [0.25, 0.3) is 10.6 Å². The van der Waals surface area contributed by atoms with Crippen molar-refractivity contribution in [1.82, 2.24) is 10.3 Å². The highest BCUT2D eigenvalue weighted by Gasteiger charge is 2.10. The number of carbonyl (C=O) groups excluding carboxylic acids is 1. The molecule has 2 N–H and O–H groups in total. The van der Waals surface area contributed by atoms with Gasteiger partial charge in [-0.05, 0) is 6.42 Å². The molecule has 1 heterocycles. The molecule has 112 valence electrons. The Morgan fingerprint density at radius 2 is 2.10 bits per heavy atom. The molecule has 2 aromatic rings. The van der Waals surface area contributed by atoms with Gasteiger partial charge in [0.05, 0.1) is 19.4 Å². The van der Waals surface area contributed by atoms with Gasteiger partial charge in [0.2, 0.25) is 0 Å². The molecule has 0 saturated carbocycles. The number of aromatic nitrogens is 1. The van der Waals surface area contributed by atoms with Gasteiger partial charge < -0.3 is 15.2 Å². The van der Waals surface area contributed by atoms with Gasteiger partial charge in [0.15, 0.2) is 0 Å². The molecule has 1 aromatic heterocycles. The van der Waals surface area contributed by atoms with E-state index in [9.17, 15) is 4.79 Å². The number of nitrogens with zero attached hydrogens (tertiary/aromatic N) is 1. The normalized spacial score (nSPS) is 10.5. The van der Waals surface area contributed by atoms with Crippen molar-refractivity contribution >= 4 is 17.2 Å². The lowest BCUT2D eigenvalue weighted by molar-refractivity contribution is 0.0869. The van der Waals surface area contributed by atoms with E-state index in [0.717, 1.165) is 17.0 Å². The Labute approximate surface area is 127 Å². The molecule has 6 heteroatoms. The Hall–Kier alpha value is -1.76. The number of aliphatic hydroxyl groups is 1. The van der Waals surface area contributed by atoms with E-state index < -0.39 is 0 Å². The van der Waals surface area contributed by atoms with E-state index in [1.807, 2.05) is 30.3 Å². The van der Waals surface area contributed by atoms with E-state index >= 15 is 0 Å². The lowest BCUT2D eigenvalue weighted by Crippen LogP contribution is -2.24. The van der Waals surface area contributed by atoms with Crippen LogP contribution in [0.5, 0.6) is 0 Å². The van der Waals surface area contributed by atoms with Gasteiger partial charge in [-0.25, -0.2) is 4.98 Å². The van der Waals surface area contributed by atoms with Gasteiger partial charge in [-0.15, -0.1) is 11.3 Å². The van der Waals surface area contributed by atoms with Crippen molar-refractivity contribution in [2.24, 2.45) is 0 Å². The fourth-order valence-electron chi connectivity index (χ4n) is 1.72. The highest BCUT2D eigenvalue weighted by Crippen LogP contribution is 2.24. The maximum absolute atomic E-state index is 12.0. The number of aliphatic hydroxyl groups excluding tert-OH is 1. The minimum atomic E-state index is -0.114. The molecular formula is C15H18N2O3S. The minimum Gasteiger partial charge on any atom is -0.394 e. The molecule has 5 nitrogen and oxygen atoms in total. The first-order chi connectivity index (χ1) is 10.3. The SMILES string of the molecule is O=C(NCCCOCCO)c1cnc(-c2ccccc2)s1. The smallest absolute Gasteiger partial charge is 0.263 e. The lowest BCUT2D eigenvalue weighted by Gasteiger charge is -2.03. The van der Waals surface area contributed by atoms with E-state index in [0.29, 0.717) is 24.6 Å². The van der Waals surface area contributed by atoms with Gasteiger partial charge >= 0.3 is 0 Å². The molecule has 2 rings (SSSR count). The first-order valence-corrected chi connectivity index (χ1v) is 7.61. The highest BCUT2D eigenvalue weighted by molar-refractivity contribution is 7.16. The number of carbonyl (C=O) groups is 1. The Balaban J connectivity index is 1.80. The second-order valence-corrected chi connectivity index (χ2v) is 5.37. The van der Waals surface area contributed by atoms with Crippen LogP contribution in [-0.4, -0.2) is 42.4 Å². The van der Waals surface area contributed by atoms with Gasteiger partial charge in [0.25, 0.3) is 5.91 Å². The van der Waals surface area contributed by atoms with Crippen molar-refractivity contribution in [3.63, 3.8) is 0 Å². The monoisotopic (exact) mass is 306 g/mol. The number of benzene rings is 1. The van der Waals surface area contributed by atoms with Gasteiger partial charge in [0.1, 0.15) is 9.88 Å². The molecule has 0 aliphatic heterocycles. The number of ether oxygens (including phenoxy) is 1. The third-order valence-electron chi connectivity index (χ3n) is 2.74. The van der Waals surface area contributed by atoms with Crippen molar-refractivity contribution in [2.45, 2.75) is 6.42 Å². The number of hydrogen-bond donors (Lipinski definition) is 2. The number of thiazole rings is 1. The highest BCUT2D eigenvalue weighted by atomic mass is 32.1. The second kappa shape index (κ2) is 8.51. The maximum Gasteiger partial charge on any atom is 0.263 e. The molecule has 0 aliphatic rings. The van der Waals surface area contributed by atoms with Crippen LogP contribution in [0.15, 0.2) is 36.5 Å². The van der Waals surface area contributed by atoms with Crippen LogP contribution in [0.4, 0.5) is 0 Å². The number of nitrogens with one attached hydrogen (secondary N) is 1. The lowest BCUT2D eigenvalue weighted by atomic mass is 10.2. The molecule has 1 aromatic carbocycles. The van der Waals surface area contributed by atoms with Crippen LogP contribution < -0.4 is 5.32 Å². The van der Waals surface area contributed by atoms with Gasteiger partial charge in [-0.3, -0.25) is 4.79 Å². The van der Waals surface area contributed by atoms with Gasteiger partial charge in [-0.1, -0.05) is 30.3 Å². The molecule has 0 aliphatic carbocycles. The summed E-state index contributed by atoms with van der Waals surface area (Å²) in [4.78, 5) is 16.8. The van der Waals surface area contributed by atoms with E-state index in [-0.39, 0.29) is 12.5 Å². The van der Waals surface area contributed by atoms with Crippen molar-refractivity contribution in [2.75, 3.05) is 26.4 Å². The predicted octanol–water partition coefficient (Wildman–Crippen LogP) is 1.94. The average Bonchev–Trinajstić information content (AvgIpc) is 3.01. The molecular weight excluding hydrogens is 288 g/mol. The molecule has 1 amide bonds. The van der Waals surface area contributed by atoms with Gasteiger partial charge in [-0.2, -0.15) is 0 Å². The van der Waals surface area contributed by atoms with Crippen molar-refractivity contribution in [3.8, 4) is 10.6 Å². The Bertz CT molecular complexity index is 557. The van der Waals surface area contributed by atoms with E-state index in [4.69, 9.17) is 9.84 Å². The first kappa shape index (κ1) is 15.6. The Kier molecular flexibility index (Phi) is 6.33. The zero-order valence-electron chi connectivity index (χ0n) is 11.6. The summed E-state index contributed by atoms with van der Waals surface area (Å²) >= 11 is 1.38. The summed E-state index contributed by atoms with van der Waals surface area (Å²) < 4.78 is 5.12. The number of hydrogen-bond acceptors (Lipinski definition) is 5. The summed E-state index contributed by atoms with van der Waals surface area (Å²) in [6.45, 7) is 1.43. The third-order valence-corrected chi connectivity index (χ3v) is 3.78. The standard InChI is InChI=1S/C15H18N2O3S/c18-8-10-20-9-4-7-16-14(19)13-11-17-15(21-13)12-5-2-1-3-6-12/h1-3,5-6,11,18H,4,7-10H2,(H,16,19). The summed E-state index contributed by atoms with van der Waals surface area (Å²) in [5, 5.41) is 12.2. The summed E-state index contributed by atoms with van der Waals surface area (Å²) in [6, 6.07) is 9.79. The van der Waals surface area contributed by atoms with Crippen LogP contribution in [0.3, 0.4) is 0 Å². The topological polar surface area (TPSA) is 71.5 Å². The average molecular weight is 306 g/mol. The van der Waals surface area contributed by atoms with Crippen LogP contribution in [0.2, 0.25) is 0 Å². The van der Waals surface area contributed by atoms with Crippen LogP contribution >= 0.6 is 11.3 Å². The third kappa shape index (κ3) is 4.93. The molecule has 0 spiro atoms. The zero-order valence-corrected chi connectivity index (χ0v) is 12.4. The quantitative estimate of drug-likeness (QED) is 0.731. The van der Waals surface area contributed by atoms with Crippen LogP contribution in [-0.2, 0) is 4.74 Å². The molecule has 21 heavy (non-hydrogen) atoms. The van der Waals surface area contributed by atoms with Crippen LogP contribution in [0, 0.1) is 0 Å². The summed E-state index contributed by atoms with van der Waals surface area (Å²) in [5.74, 6) is -0.114. The van der Waals surface area contributed by atoms with Crippen LogP contribution in [0.1, 0.15) is 16.1 Å². The first-order valence-electron chi connectivity index (χ1n) is 6.79. The van der Waals surface area contributed by atoms with Crippen molar-refractivity contribution in [3.05, 3.63) is 41.4 Å². The Morgan fingerprint density at radius 3 is 2.86 bits per heavy atom. The maximum atomic E-state index is 12.0. The fraction of sp³-hybridized carbons (Fsp3) is 0.333. The van der Waals surface area contributed by atoms with E-state index in [2.05, 4.69) is 10.3 Å². The number of rotatable bonds is 8.